The van der Waals surface area contributed by atoms with Gasteiger partial charge in [0, 0.05) is 5.56 Å². The number of benzene rings is 1. The van der Waals surface area contributed by atoms with Crippen LogP contribution in [0.5, 0.6) is 11.5 Å². The average molecular weight is 253 g/mol. The first kappa shape index (κ1) is 13.8. The molecule has 0 heterocycles. The molecule has 0 aliphatic heterocycles. The molecule has 0 saturated heterocycles. The predicted molar refractivity (Wildman–Crippen MR) is 65.2 cm³/mol. The number of ether oxygens (including phenoxy) is 3. The molecule has 1 aromatic carbocycles. The van der Waals surface area contributed by atoms with E-state index in [4.69, 9.17) is 9.47 Å². The number of methoxy groups -OCH3 is 2. The van der Waals surface area contributed by atoms with E-state index in [2.05, 4.69) is 14.7 Å². The van der Waals surface area contributed by atoms with Crippen LogP contribution in [0.15, 0.2) is 23.4 Å². The minimum atomic E-state index is -0.839. The van der Waals surface area contributed by atoms with Crippen LogP contribution < -0.4 is 9.47 Å². The lowest BCUT2D eigenvalue weighted by atomic mass is 10.2. The van der Waals surface area contributed by atoms with Gasteiger partial charge in [-0.3, -0.25) is 4.84 Å². The lowest BCUT2D eigenvalue weighted by Gasteiger charge is -2.07. The van der Waals surface area contributed by atoms with Crippen LogP contribution in [0.2, 0.25) is 0 Å². The molecule has 1 aromatic rings. The van der Waals surface area contributed by atoms with Gasteiger partial charge >= 0.3 is 6.16 Å². The Kier molecular flexibility index (Phi) is 5.50. The molecule has 0 saturated carbocycles. The summed E-state index contributed by atoms with van der Waals surface area (Å²) in [4.78, 5) is 15.3. The molecule has 0 aliphatic rings. The Bertz CT molecular complexity index is 430. The fourth-order valence-corrected chi connectivity index (χ4v) is 1.21. The van der Waals surface area contributed by atoms with Gasteiger partial charge < -0.3 is 14.2 Å². The first-order valence-electron chi connectivity index (χ1n) is 5.30. The van der Waals surface area contributed by atoms with Crippen molar-refractivity contribution in [3.05, 3.63) is 23.8 Å². The second kappa shape index (κ2) is 7.16. The molecule has 6 nitrogen and oxygen atoms in total. The van der Waals surface area contributed by atoms with Crippen molar-refractivity contribution in [2.24, 2.45) is 5.16 Å². The number of rotatable bonds is 5. The maximum absolute atomic E-state index is 10.9. The zero-order chi connectivity index (χ0) is 13.4. The van der Waals surface area contributed by atoms with Crippen LogP contribution >= 0.6 is 0 Å². The number of hydrogen-bond donors (Lipinski definition) is 0. The quantitative estimate of drug-likeness (QED) is 0.348. The lowest BCUT2D eigenvalue weighted by molar-refractivity contribution is 0.0618. The molecule has 0 spiro atoms. The van der Waals surface area contributed by atoms with Crippen LogP contribution in [0, 0.1) is 0 Å². The molecule has 0 bridgehead atoms. The molecule has 1 rings (SSSR count). The van der Waals surface area contributed by atoms with Crippen LogP contribution in [-0.4, -0.2) is 33.2 Å². The number of hydrogen-bond acceptors (Lipinski definition) is 6. The van der Waals surface area contributed by atoms with Gasteiger partial charge in [-0.2, -0.15) is 0 Å². The highest BCUT2D eigenvalue weighted by Gasteiger charge is 2.04. The summed E-state index contributed by atoms with van der Waals surface area (Å²) in [5.74, 6) is 1.18. The normalized spacial score (nSPS) is 10.2. The van der Waals surface area contributed by atoms with Gasteiger partial charge in [0.1, 0.15) is 0 Å². The van der Waals surface area contributed by atoms with Gasteiger partial charge in [-0.1, -0.05) is 5.16 Å². The number of nitrogens with zero attached hydrogens (tertiary/aromatic N) is 1. The maximum atomic E-state index is 10.9. The zero-order valence-corrected chi connectivity index (χ0v) is 10.5. The van der Waals surface area contributed by atoms with Gasteiger partial charge in [0.2, 0.25) is 0 Å². The summed E-state index contributed by atoms with van der Waals surface area (Å²) >= 11 is 0. The van der Waals surface area contributed by atoms with Gasteiger partial charge in [0.15, 0.2) is 11.5 Å². The van der Waals surface area contributed by atoms with Crippen LogP contribution in [0.1, 0.15) is 12.5 Å². The van der Waals surface area contributed by atoms with Crippen LogP contribution in [-0.2, 0) is 9.57 Å². The van der Waals surface area contributed by atoms with Crippen molar-refractivity contribution in [2.75, 3.05) is 20.8 Å². The molecule has 0 radical (unpaired) electrons. The maximum Gasteiger partial charge on any atom is 0.535 e. The van der Waals surface area contributed by atoms with Crippen molar-refractivity contribution in [1.82, 2.24) is 0 Å². The van der Waals surface area contributed by atoms with E-state index in [9.17, 15) is 4.79 Å². The fraction of sp³-hybridized carbons (Fsp3) is 0.333. The van der Waals surface area contributed by atoms with Crippen molar-refractivity contribution in [3.8, 4) is 11.5 Å². The van der Waals surface area contributed by atoms with Crippen LogP contribution in [0.4, 0.5) is 4.79 Å². The number of carbonyl (C=O) groups excluding carboxylic acids is 1. The largest absolute Gasteiger partial charge is 0.535 e. The van der Waals surface area contributed by atoms with E-state index >= 15 is 0 Å². The van der Waals surface area contributed by atoms with Gasteiger partial charge in [0.05, 0.1) is 27.0 Å². The minimum Gasteiger partial charge on any atom is -0.493 e. The Morgan fingerprint density at radius 2 is 2.00 bits per heavy atom. The van der Waals surface area contributed by atoms with Crippen molar-refractivity contribution < 1.29 is 23.8 Å². The molecule has 0 atom stereocenters. The van der Waals surface area contributed by atoms with E-state index in [1.165, 1.54) is 13.3 Å². The third-order valence-electron chi connectivity index (χ3n) is 2.00. The Morgan fingerprint density at radius 1 is 1.28 bits per heavy atom. The summed E-state index contributed by atoms with van der Waals surface area (Å²) in [6, 6.07) is 5.18. The highest BCUT2D eigenvalue weighted by atomic mass is 16.8. The van der Waals surface area contributed by atoms with E-state index in [-0.39, 0.29) is 6.61 Å². The summed E-state index contributed by atoms with van der Waals surface area (Å²) in [6.45, 7) is 1.92. The van der Waals surface area contributed by atoms with E-state index in [1.54, 1.807) is 32.2 Å². The van der Waals surface area contributed by atoms with Crippen LogP contribution in [0.25, 0.3) is 0 Å². The first-order valence-corrected chi connectivity index (χ1v) is 5.30. The summed E-state index contributed by atoms with van der Waals surface area (Å²) < 4.78 is 14.8. The molecular weight excluding hydrogens is 238 g/mol. The van der Waals surface area contributed by atoms with Crippen molar-refractivity contribution in [1.29, 1.82) is 0 Å². The molecule has 98 valence electrons. The minimum absolute atomic E-state index is 0.241. The summed E-state index contributed by atoms with van der Waals surface area (Å²) in [5.41, 5.74) is 0.706. The zero-order valence-electron chi connectivity index (χ0n) is 10.5. The molecule has 0 aromatic heterocycles. The molecule has 6 heteroatoms. The predicted octanol–water partition coefficient (Wildman–Crippen LogP) is 2.21. The third-order valence-corrected chi connectivity index (χ3v) is 2.00. The molecule has 0 unspecified atom stereocenters. The molecule has 0 aliphatic carbocycles. The second-order valence-electron chi connectivity index (χ2n) is 3.12. The smallest absolute Gasteiger partial charge is 0.493 e. The lowest BCUT2D eigenvalue weighted by Crippen LogP contribution is -2.02. The third kappa shape index (κ3) is 3.97. The molecular formula is C12H15NO5. The van der Waals surface area contributed by atoms with E-state index in [0.717, 1.165) is 0 Å². The highest BCUT2D eigenvalue weighted by Crippen LogP contribution is 2.26. The van der Waals surface area contributed by atoms with E-state index < -0.39 is 6.16 Å². The summed E-state index contributed by atoms with van der Waals surface area (Å²) in [6.07, 6.45) is 0.535. The molecule has 0 fully saturated rings. The van der Waals surface area contributed by atoms with Gasteiger partial charge in [-0.15, -0.1) is 0 Å². The van der Waals surface area contributed by atoms with Gasteiger partial charge in [0.25, 0.3) is 0 Å². The van der Waals surface area contributed by atoms with Crippen molar-refractivity contribution in [2.45, 2.75) is 6.92 Å². The molecule has 18 heavy (non-hydrogen) atoms. The Hall–Kier alpha value is -2.24. The SMILES string of the molecule is CCOC(=O)O/N=C/c1ccc(OC)c(OC)c1. The monoisotopic (exact) mass is 253 g/mol. The van der Waals surface area contributed by atoms with E-state index in [1.807, 2.05) is 0 Å². The summed E-state index contributed by atoms with van der Waals surface area (Å²) in [5, 5.41) is 3.50. The number of oxime groups is 1. The summed E-state index contributed by atoms with van der Waals surface area (Å²) in [7, 11) is 3.09. The highest BCUT2D eigenvalue weighted by molar-refractivity contribution is 5.81. The molecule has 0 amide bonds. The van der Waals surface area contributed by atoms with Crippen molar-refractivity contribution >= 4 is 12.4 Å². The van der Waals surface area contributed by atoms with Gasteiger partial charge in [-0.25, -0.2) is 4.79 Å². The molecule has 0 N–H and O–H groups in total. The second-order valence-corrected chi connectivity index (χ2v) is 3.12. The number of carbonyl (C=O) groups is 1. The first-order chi connectivity index (χ1) is 8.71. The fourth-order valence-electron chi connectivity index (χ4n) is 1.21. The Labute approximate surface area is 105 Å². The Balaban J connectivity index is 2.67. The average Bonchev–Trinajstić information content (AvgIpc) is 2.38. The van der Waals surface area contributed by atoms with E-state index in [0.29, 0.717) is 17.1 Å². The van der Waals surface area contributed by atoms with Crippen molar-refractivity contribution in [3.63, 3.8) is 0 Å². The standard InChI is InChI=1S/C12H15NO5/c1-4-17-12(14)18-13-8-9-5-6-10(15-2)11(7-9)16-3/h5-8H,4H2,1-3H3/b13-8+. The van der Waals surface area contributed by atoms with Crippen LogP contribution in [0.3, 0.4) is 0 Å². The Morgan fingerprint density at radius 3 is 2.61 bits per heavy atom. The topological polar surface area (TPSA) is 66.4 Å². The van der Waals surface area contributed by atoms with Gasteiger partial charge in [-0.05, 0) is 25.1 Å².